The van der Waals surface area contributed by atoms with Crippen LogP contribution in [0.1, 0.15) is 12.6 Å². The van der Waals surface area contributed by atoms with E-state index in [0.717, 1.165) is 17.1 Å². The van der Waals surface area contributed by atoms with Crippen molar-refractivity contribution in [3.8, 4) is 5.75 Å². The highest BCUT2D eigenvalue weighted by molar-refractivity contribution is 5.48. The highest BCUT2D eigenvalue weighted by Gasteiger charge is 1.97. The SMILES string of the molecule is CCOc1cccc(NCc2ccncn2)c1. The van der Waals surface area contributed by atoms with E-state index in [2.05, 4.69) is 15.3 Å². The fraction of sp³-hybridized carbons (Fsp3) is 0.231. The predicted octanol–water partition coefficient (Wildman–Crippen LogP) is 2.49. The highest BCUT2D eigenvalue weighted by atomic mass is 16.5. The molecule has 0 unspecified atom stereocenters. The van der Waals surface area contributed by atoms with Crippen LogP contribution < -0.4 is 10.1 Å². The van der Waals surface area contributed by atoms with Gasteiger partial charge in [0.1, 0.15) is 12.1 Å². The Hall–Kier alpha value is -2.10. The summed E-state index contributed by atoms with van der Waals surface area (Å²) >= 11 is 0. The molecule has 0 aliphatic heterocycles. The Bertz CT molecular complexity index is 459. The van der Waals surface area contributed by atoms with Gasteiger partial charge in [-0.25, -0.2) is 9.97 Å². The van der Waals surface area contributed by atoms with E-state index in [-0.39, 0.29) is 0 Å². The van der Waals surface area contributed by atoms with Crippen molar-refractivity contribution in [3.05, 3.63) is 48.5 Å². The molecule has 0 aliphatic carbocycles. The van der Waals surface area contributed by atoms with Crippen LogP contribution in [0.5, 0.6) is 5.75 Å². The Morgan fingerprint density at radius 2 is 2.24 bits per heavy atom. The minimum atomic E-state index is 0.676. The summed E-state index contributed by atoms with van der Waals surface area (Å²) in [5.74, 6) is 0.875. The lowest BCUT2D eigenvalue weighted by Crippen LogP contribution is -2.01. The molecule has 0 spiro atoms. The van der Waals surface area contributed by atoms with Crippen LogP contribution in [-0.4, -0.2) is 16.6 Å². The van der Waals surface area contributed by atoms with Crippen molar-refractivity contribution >= 4 is 5.69 Å². The average Bonchev–Trinajstić information content (AvgIpc) is 2.39. The smallest absolute Gasteiger partial charge is 0.121 e. The maximum Gasteiger partial charge on any atom is 0.121 e. The van der Waals surface area contributed by atoms with Crippen LogP contribution >= 0.6 is 0 Å². The van der Waals surface area contributed by atoms with Crippen LogP contribution in [0.4, 0.5) is 5.69 Å². The summed E-state index contributed by atoms with van der Waals surface area (Å²) in [4.78, 5) is 8.03. The minimum Gasteiger partial charge on any atom is -0.494 e. The molecule has 0 aliphatic rings. The van der Waals surface area contributed by atoms with Gasteiger partial charge in [-0.15, -0.1) is 0 Å². The van der Waals surface area contributed by atoms with E-state index in [9.17, 15) is 0 Å². The zero-order valence-corrected chi connectivity index (χ0v) is 9.76. The number of hydrogen-bond acceptors (Lipinski definition) is 4. The van der Waals surface area contributed by atoms with Crippen molar-refractivity contribution < 1.29 is 4.74 Å². The molecule has 2 rings (SSSR count). The van der Waals surface area contributed by atoms with Gasteiger partial charge in [0.2, 0.25) is 0 Å². The fourth-order valence-corrected chi connectivity index (χ4v) is 1.48. The van der Waals surface area contributed by atoms with Crippen molar-refractivity contribution in [2.75, 3.05) is 11.9 Å². The molecule has 88 valence electrons. The molecule has 0 fully saturated rings. The van der Waals surface area contributed by atoms with E-state index in [4.69, 9.17) is 4.74 Å². The van der Waals surface area contributed by atoms with E-state index in [1.54, 1.807) is 12.5 Å². The molecule has 2 aromatic rings. The Kier molecular flexibility index (Phi) is 3.91. The van der Waals surface area contributed by atoms with Gasteiger partial charge in [0, 0.05) is 18.0 Å². The van der Waals surface area contributed by atoms with E-state index in [1.165, 1.54) is 0 Å². The molecule has 17 heavy (non-hydrogen) atoms. The van der Waals surface area contributed by atoms with Gasteiger partial charge in [0.25, 0.3) is 0 Å². The average molecular weight is 229 g/mol. The van der Waals surface area contributed by atoms with E-state index in [0.29, 0.717) is 13.2 Å². The topological polar surface area (TPSA) is 47.0 Å². The summed E-state index contributed by atoms with van der Waals surface area (Å²) in [7, 11) is 0. The van der Waals surface area contributed by atoms with Crippen LogP contribution in [-0.2, 0) is 6.54 Å². The molecule has 0 amide bonds. The number of ether oxygens (including phenoxy) is 1. The standard InChI is InChI=1S/C13H15N3O/c1-2-17-13-5-3-4-11(8-13)15-9-12-6-7-14-10-16-12/h3-8,10,15H,2,9H2,1H3. The molecule has 1 aromatic carbocycles. The Balaban J connectivity index is 1.97. The lowest BCUT2D eigenvalue weighted by Gasteiger charge is -2.08. The van der Waals surface area contributed by atoms with E-state index < -0.39 is 0 Å². The first-order chi connectivity index (χ1) is 8.38. The number of nitrogens with zero attached hydrogens (tertiary/aromatic N) is 2. The molecule has 0 saturated heterocycles. The second-order valence-corrected chi connectivity index (χ2v) is 3.52. The van der Waals surface area contributed by atoms with E-state index in [1.807, 2.05) is 37.3 Å². The Morgan fingerprint density at radius 3 is 3.00 bits per heavy atom. The number of benzene rings is 1. The molecule has 1 N–H and O–H groups in total. The highest BCUT2D eigenvalue weighted by Crippen LogP contribution is 2.17. The van der Waals surface area contributed by atoms with Gasteiger partial charge in [0.15, 0.2) is 0 Å². The van der Waals surface area contributed by atoms with Crippen molar-refractivity contribution in [2.45, 2.75) is 13.5 Å². The first-order valence-electron chi connectivity index (χ1n) is 5.60. The second kappa shape index (κ2) is 5.84. The summed E-state index contributed by atoms with van der Waals surface area (Å²) in [5, 5.41) is 3.29. The van der Waals surface area contributed by atoms with Crippen LogP contribution in [0, 0.1) is 0 Å². The zero-order valence-electron chi connectivity index (χ0n) is 9.76. The Labute approximate surface area is 101 Å². The molecule has 0 radical (unpaired) electrons. The maximum atomic E-state index is 5.43. The summed E-state index contributed by atoms with van der Waals surface area (Å²) in [6.07, 6.45) is 3.29. The molecule has 0 bridgehead atoms. The number of nitrogens with one attached hydrogen (secondary N) is 1. The second-order valence-electron chi connectivity index (χ2n) is 3.52. The lowest BCUT2D eigenvalue weighted by atomic mass is 10.3. The fourth-order valence-electron chi connectivity index (χ4n) is 1.48. The maximum absolute atomic E-state index is 5.43. The monoisotopic (exact) mass is 229 g/mol. The van der Waals surface area contributed by atoms with E-state index >= 15 is 0 Å². The summed E-state index contributed by atoms with van der Waals surface area (Å²) in [6, 6.07) is 9.78. The largest absolute Gasteiger partial charge is 0.494 e. The summed E-state index contributed by atoms with van der Waals surface area (Å²) in [5.41, 5.74) is 1.98. The Morgan fingerprint density at radius 1 is 1.29 bits per heavy atom. The molecule has 4 nitrogen and oxygen atoms in total. The third kappa shape index (κ3) is 3.45. The van der Waals surface area contributed by atoms with Crippen molar-refractivity contribution in [3.63, 3.8) is 0 Å². The van der Waals surface area contributed by atoms with Gasteiger partial charge in [0.05, 0.1) is 18.8 Å². The molecular weight excluding hydrogens is 214 g/mol. The number of anilines is 1. The first-order valence-corrected chi connectivity index (χ1v) is 5.60. The third-order valence-corrected chi connectivity index (χ3v) is 2.26. The number of aromatic nitrogens is 2. The molecule has 4 heteroatoms. The first kappa shape index (κ1) is 11.4. The van der Waals surface area contributed by atoms with Crippen LogP contribution in [0.15, 0.2) is 42.9 Å². The van der Waals surface area contributed by atoms with Crippen LogP contribution in [0.2, 0.25) is 0 Å². The van der Waals surface area contributed by atoms with Crippen LogP contribution in [0.25, 0.3) is 0 Å². The van der Waals surface area contributed by atoms with Crippen molar-refractivity contribution in [2.24, 2.45) is 0 Å². The molecular formula is C13H15N3O. The van der Waals surface area contributed by atoms with Crippen LogP contribution in [0.3, 0.4) is 0 Å². The van der Waals surface area contributed by atoms with Gasteiger partial charge < -0.3 is 10.1 Å². The summed E-state index contributed by atoms with van der Waals surface area (Å²) in [6.45, 7) is 3.33. The lowest BCUT2D eigenvalue weighted by molar-refractivity contribution is 0.340. The number of rotatable bonds is 5. The number of hydrogen-bond donors (Lipinski definition) is 1. The molecule has 0 atom stereocenters. The van der Waals surface area contributed by atoms with Crippen molar-refractivity contribution in [1.29, 1.82) is 0 Å². The molecule has 1 aromatic heterocycles. The van der Waals surface area contributed by atoms with Gasteiger partial charge in [-0.3, -0.25) is 0 Å². The molecule has 1 heterocycles. The van der Waals surface area contributed by atoms with Gasteiger partial charge >= 0.3 is 0 Å². The minimum absolute atomic E-state index is 0.676. The molecule has 0 saturated carbocycles. The van der Waals surface area contributed by atoms with Gasteiger partial charge in [-0.05, 0) is 25.1 Å². The summed E-state index contributed by atoms with van der Waals surface area (Å²) < 4.78 is 5.43. The quantitative estimate of drug-likeness (QED) is 0.855. The van der Waals surface area contributed by atoms with Crippen molar-refractivity contribution in [1.82, 2.24) is 9.97 Å². The van der Waals surface area contributed by atoms with Gasteiger partial charge in [-0.1, -0.05) is 6.07 Å². The predicted molar refractivity (Wildman–Crippen MR) is 67.0 cm³/mol. The zero-order chi connectivity index (χ0) is 11.9. The third-order valence-electron chi connectivity index (χ3n) is 2.26. The van der Waals surface area contributed by atoms with Gasteiger partial charge in [-0.2, -0.15) is 0 Å². The normalized spacial score (nSPS) is 9.94.